The van der Waals surface area contributed by atoms with Gasteiger partial charge in [0.25, 0.3) is 0 Å². The normalized spacial score (nSPS) is 12.6. The van der Waals surface area contributed by atoms with E-state index in [-0.39, 0.29) is 12.6 Å². The van der Waals surface area contributed by atoms with Crippen LogP contribution in [0.4, 0.5) is 5.13 Å². The lowest BCUT2D eigenvalue weighted by molar-refractivity contribution is 0.274. The van der Waals surface area contributed by atoms with Crippen LogP contribution < -0.4 is 5.32 Å². The maximum atomic E-state index is 9.27. The van der Waals surface area contributed by atoms with E-state index < -0.39 is 0 Å². The number of nitrogens with one attached hydrogen (secondary N) is 1. The molecule has 0 aliphatic carbocycles. The zero-order chi connectivity index (χ0) is 11.4. The lowest BCUT2D eigenvalue weighted by atomic mass is 10.2. The van der Waals surface area contributed by atoms with Crippen molar-refractivity contribution in [3.8, 4) is 0 Å². The highest BCUT2D eigenvalue weighted by Gasteiger charge is 2.11. The summed E-state index contributed by atoms with van der Waals surface area (Å²) in [6.07, 6.45) is 2.57. The van der Waals surface area contributed by atoms with Gasteiger partial charge in [0.2, 0.25) is 5.13 Å². The van der Waals surface area contributed by atoms with Gasteiger partial charge in [-0.1, -0.05) is 0 Å². The minimum absolute atomic E-state index is 0.0344. The molecular formula is C9H12N4OS2. The molecule has 0 fully saturated rings. The van der Waals surface area contributed by atoms with Crippen LogP contribution in [0.1, 0.15) is 10.7 Å². The molecule has 0 aliphatic heterocycles. The second-order valence-corrected chi connectivity index (χ2v) is 5.07. The van der Waals surface area contributed by atoms with Crippen molar-refractivity contribution >= 4 is 28.0 Å². The van der Waals surface area contributed by atoms with Crippen molar-refractivity contribution in [1.82, 2.24) is 14.3 Å². The van der Waals surface area contributed by atoms with Crippen LogP contribution in [0, 0.1) is 6.92 Å². The SMILES string of the molecule is Cc1nsc(NC(CO)Cc2cncs2)n1. The van der Waals surface area contributed by atoms with Crippen molar-refractivity contribution in [2.24, 2.45) is 0 Å². The molecule has 0 radical (unpaired) electrons. The third-order valence-corrected chi connectivity index (χ3v) is 3.55. The van der Waals surface area contributed by atoms with E-state index in [0.717, 1.165) is 22.3 Å². The Balaban J connectivity index is 1.95. The fraction of sp³-hybridized carbons (Fsp3) is 0.444. The molecule has 2 rings (SSSR count). The van der Waals surface area contributed by atoms with Gasteiger partial charge < -0.3 is 10.4 Å². The molecule has 0 saturated heterocycles. The van der Waals surface area contributed by atoms with Gasteiger partial charge in [-0.05, 0) is 6.92 Å². The third kappa shape index (κ3) is 2.97. The van der Waals surface area contributed by atoms with Gasteiger partial charge in [0, 0.05) is 29.0 Å². The second-order valence-electron chi connectivity index (χ2n) is 3.34. The minimum atomic E-state index is -0.0344. The van der Waals surface area contributed by atoms with E-state index in [4.69, 9.17) is 0 Å². The molecule has 0 amide bonds. The lowest BCUT2D eigenvalue weighted by Crippen LogP contribution is -2.25. The first-order valence-corrected chi connectivity index (χ1v) is 6.48. The first-order chi connectivity index (χ1) is 7.78. The molecule has 7 heteroatoms. The summed E-state index contributed by atoms with van der Waals surface area (Å²) in [6, 6.07) is -0.0344. The van der Waals surface area contributed by atoms with E-state index in [2.05, 4.69) is 19.7 Å². The van der Waals surface area contributed by atoms with Crippen molar-refractivity contribution in [2.75, 3.05) is 11.9 Å². The standard InChI is InChI=1S/C9H12N4OS2/c1-6-11-9(16-13-6)12-7(4-14)2-8-3-10-5-15-8/h3,5,7,14H,2,4H2,1H3,(H,11,12,13). The number of rotatable bonds is 5. The fourth-order valence-corrected chi connectivity index (χ4v) is 2.61. The van der Waals surface area contributed by atoms with Crippen LogP contribution in [-0.2, 0) is 6.42 Å². The average Bonchev–Trinajstić information content (AvgIpc) is 2.89. The Bertz CT molecular complexity index is 428. The molecule has 5 nitrogen and oxygen atoms in total. The van der Waals surface area contributed by atoms with E-state index in [0.29, 0.717) is 0 Å². The molecule has 2 N–H and O–H groups in total. The Hall–Kier alpha value is -1.05. The Morgan fingerprint density at radius 3 is 3.00 bits per heavy atom. The summed E-state index contributed by atoms with van der Waals surface area (Å²) < 4.78 is 4.08. The second kappa shape index (κ2) is 5.33. The van der Waals surface area contributed by atoms with Gasteiger partial charge in [-0.15, -0.1) is 11.3 Å². The lowest BCUT2D eigenvalue weighted by Gasteiger charge is -2.13. The Kier molecular flexibility index (Phi) is 3.81. The van der Waals surface area contributed by atoms with Crippen molar-refractivity contribution in [2.45, 2.75) is 19.4 Å². The Morgan fingerprint density at radius 1 is 1.56 bits per heavy atom. The van der Waals surface area contributed by atoms with E-state index in [9.17, 15) is 5.11 Å². The maximum absolute atomic E-state index is 9.27. The summed E-state index contributed by atoms with van der Waals surface area (Å²) in [5, 5.41) is 13.2. The zero-order valence-electron chi connectivity index (χ0n) is 8.75. The van der Waals surface area contributed by atoms with Crippen LogP contribution in [0.2, 0.25) is 0 Å². The number of aliphatic hydroxyl groups excluding tert-OH is 1. The van der Waals surface area contributed by atoms with E-state index in [1.54, 1.807) is 16.8 Å². The molecule has 1 atom stereocenters. The first-order valence-electron chi connectivity index (χ1n) is 4.83. The molecule has 0 aliphatic rings. The molecule has 0 aromatic carbocycles. The number of hydrogen-bond acceptors (Lipinski definition) is 7. The summed E-state index contributed by atoms with van der Waals surface area (Å²) in [5.74, 6) is 0.752. The summed E-state index contributed by atoms with van der Waals surface area (Å²) in [7, 11) is 0. The predicted molar refractivity (Wildman–Crippen MR) is 65.0 cm³/mol. The molecule has 2 aromatic rings. The van der Waals surface area contributed by atoms with Crippen molar-refractivity contribution in [3.05, 3.63) is 22.4 Å². The molecule has 2 heterocycles. The molecular weight excluding hydrogens is 244 g/mol. The summed E-state index contributed by atoms with van der Waals surface area (Å²) >= 11 is 2.90. The highest BCUT2D eigenvalue weighted by molar-refractivity contribution is 7.10. The highest BCUT2D eigenvalue weighted by atomic mass is 32.1. The van der Waals surface area contributed by atoms with Crippen LogP contribution in [0.5, 0.6) is 0 Å². The number of anilines is 1. The zero-order valence-corrected chi connectivity index (χ0v) is 10.4. The number of nitrogens with zero attached hydrogens (tertiary/aromatic N) is 3. The molecule has 86 valence electrons. The largest absolute Gasteiger partial charge is 0.394 e. The number of aryl methyl sites for hydroxylation is 1. The highest BCUT2D eigenvalue weighted by Crippen LogP contribution is 2.15. The summed E-state index contributed by atoms with van der Waals surface area (Å²) in [4.78, 5) is 9.35. The number of thiazole rings is 1. The van der Waals surface area contributed by atoms with Gasteiger partial charge >= 0.3 is 0 Å². The first kappa shape index (κ1) is 11.4. The average molecular weight is 256 g/mol. The molecule has 0 bridgehead atoms. The summed E-state index contributed by atoms with van der Waals surface area (Å²) in [6.45, 7) is 1.91. The van der Waals surface area contributed by atoms with Gasteiger partial charge in [-0.2, -0.15) is 4.37 Å². The van der Waals surface area contributed by atoms with E-state index in [1.807, 2.05) is 13.1 Å². The van der Waals surface area contributed by atoms with Crippen molar-refractivity contribution < 1.29 is 5.11 Å². The van der Waals surface area contributed by atoms with Gasteiger partial charge in [0.1, 0.15) is 5.82 Å². The van der Waals surface area contributed by atoms with Gasteiger partial charge in [-0.25, -0.2) is 4.98 Å². The molecule has 0 spiro atoms. The van der Waals surface area contributed by atoms with Gasteiger partial charge in [-0.3, -0.25) is 4.98 Å². The maximum Gasteiger partial charge on any atom is 0.202 e. The monoisotopic (exact) mass is 256 g/mol. The topological polar surface area (TPSA) is 70.9 Å². The molecule has 2 aromatic heterocycles. The quantitative estimate of drug-likeness (QED) is 0.844. The molecule has 0 saturated carbocycles. The Morgan fingerprint density at radius 2 is 2.44 bits per heavy atom. The Labute approximate surface area is 101 Å². The van der Waals surface area contributed by atoms with E-state index in [1.165, 1.54) is 11.5 Å². The van der Waals surface area contributed by atoms with Crippen LogP contribution in [-0.4, -0.2) is 32.1 Å². The minimum Gasteiger partial charge on any atom is -0.394 e. The van der Waals surface area contributed by atoms with E-state index >= 15 is 0 Å². The summed E-state index contributed by atoms with van der Waals surface area (Å²) in [5.41, 5.74) is 1.79. The van der Waals surface area contributed by atoms with Gasteiger partial charge in [0.15, 0.2) is 0 Å². The number of aromatic nitrogens is 3. The van der Waals surface area contributed by atoms with Crippen LogP contribution >= 0.6 is 22.9 Å². The van der Waals surface area contributed by atoms with Crippen molar-refractivity contribution in [3.63, 3.8) is 0 Å². The van der Waals surface area contributed by atoms with Crippen molar-refractivity contribution in [1.29, 1.82) is 0 Å². The predicted octanol–water partition coefficient (Wildman–Crippen LogP) is 1.32. The van der Waals surface area contributed by atoms with Gasteiger partial charge in [0.05, 0.1) is 18.2 Å². The van der Waals surface area contributed by atoms with Crippen LogP contribution in [0.3, 0.4) is 0 Å². The fourth-order valence-electron chi connectivity index (χ4n) is 1.28. The number of hydrogen-bond donors (Lipinski definition) is 2. The smallest absolute Gasteiger partial charge is 0.202 e. The number of aliphatic hydroxyl groups is 1. The molecule has 1 unspecified atom stereocenters. The van der Waals surface area contributed by atoms with Crippen LogP contribution in [0.15, 0.2) is 11.7 Å². The third-order valence-electron chi connectivity index (χ3n) is 2.01. The molecule has 16 heavy (non-hydrogen) atoms. The van der Waals surface area contributed by atoms with Crippen LogP contribution in [0.25, 0.3) is 0 Å².